The summed E-state index contributed by atoms with van der Waals surface area (Å²) in [4.78, 5) is 11.2. The van der Waals surface area contributed by atoms with Gasteiger partial charge in [0.05, 0.1) is 15.4 Å². The van der Waals surface area contributed by atoms with Gasteiger partial charge in [-0.05, 0) is 35.7 Å². The molecule has 4 nitrogen and oxygen atoms in total. The Bertz CT molecular complexity index is 952. The van der Waals surface area contributed by atoms with Gasteiger partial charge in [-0.3, -0.25) is 0 Å². The molecule has 3 aromatic carbocycles. The van der Waals surface area contributed by atoms with Crippen LogP contribution in [0.4, 0.5) is 0 Å². The second-order valence-electron chi connectivity index (χ2n) is 4.81. The highest BCUT2D eigenvalue weighted by Crippen LogP contribution is 2.28. The molecule has 0 aliphatic rings. The van der Waals surface area contributed by atoms with Crippen molar-refractivity contribution in [3.63, 3.8) is 0 Å². The summed E-state index contributed by atoms with van der Waals surface area (Å²) in [5.41, 5.74) is 0.0527. The van der Waals surface area contributed by atoms with Gasteiger partial charge in [-0.25, -0.2) is 13.2 Å². The molecule has 0 radical (unpaired) electrons. The number of aromatic carboxylic acids is 1. The van der Waals surface area contributed by atoms with E-state index in [2.05, 4.69) is 0 Å². The van der Waals surface area contributed by atoms with Crippen LogP contribution in [-0.4, -0.2) is 19.5 Å². The molecule has 0 fully saturated rings. The molecule has 0 aliphatic carbocycles. The first kappa shape index (κ1) is 14.3. The van der Waals surface area contributed by atoms with E-state index in [9.17, 15) is 13.2 Å². The Hall–Kier alpha value is -2.66. The van der Waals surface area contributed by atoms with E-state index in [0.717, 1.165) is 5.39 Å². The van der Waals surface area contributed by atoms with Crippen LogP contribution in [0.1, 0.15) is 10.4 Å². The minimum atomic E-state index is -3.70. The summed E-state index contributed by atoms with van der Waals surface area (Å²) < 4.78 is 25.6. The predicted molar refractivity (Wildman–Crippen MR) is 82.8 cm³/mol. The summed E-state index contributed by atoms with van der Waals surface area (Å²) in [6.45, 7) is 0. The Morgan fingerprint density at radius 2 is 1.45 bits per heavy atom. The van der Waals surface area contributed by atoms with Gasteiger partial charge in [0, 0.05) is 5.39 Å². The molecule has 0 aromatic heterocycles. The number of sulfone groups is 1. The lowest BCUT2D eigenvalue weighted by Crippen LogP contribution is -2.04. The van der Waals surface area contributed by atoms with Gasteiger partial charge in [0.1, 0.15) is 0 Å². The minimum Gasteiger partial charge on any atom is -0.478 e. The van der Waals surface area contributed by atoms with Crippen LogP contribution < -0.4 is 0 Å². The number of carboxylic acid groups (broad SMARTS) is 1. The van der Waals surface area contributed by atoms with E-state index in [-0.39, 0.29) is 15.4 Å². The molecule has 5 heteroatoms. The Morgan fingerprint density at radius 3 is 2.14 bits per heavy atom. The molecule has 3 aromatic rings. The molecule has 0 heterocycles. The summed E-state index contributed by atoms with van der Waals surface area (Å²) in [6.07, 6.45) is 0. The molecule has 0 spiro atoms. The Kier molecular flexibility index (Phi) is 3.42. The first-order chi connectivity index (χ1) is 10.5. The average molecular weight is 312 g/mol. The molecule has 0 amide bonds. The monoisotopic (exact) mass is 312 g/mol. The summed E-state index contributed by atoms with van der Waals surface area (Å²) in [5, 5.41) is 10.4. The highest BCUT2D eigenvalue weighted by atomic mass is 32.2. The third-order valence-electron chi connectivity index (χ3n) is 3.45. The van der Waals surface area contributed by atoms with E-state index < -0.39 is 15.8 Å². The van der Waals surface area contributed by atoms with Crippen LogP contribution in [0, 0.1) is 0 Å². The molecular weight excluding hydrogens is 300 g/mol. The van der Waals surface area contributed by atoms with Crippen LogP contribution in [0.3, 0.4) is 0 Å². The second kappa shape index (κ2) is 5.27. The summed E-state index contributed by atoms with van der Waals surface area (Å²) >= 11 is 0. The van der Waals surface area contributed by atoms with E-state index >= 15 is 0 Å². The topological polar surface area (TPSA) is 71.4 Å². The van der Waals surface area contributed by atoms with Crippen LogP contribution in [0.2, 0.25) is 0 Å². The first-order valence-corrected chi connectivity index (χ1v) is 8.05. The number of hydrogen-bond acceptors (Lipinski definition) is 3. The van der Waals surface area contributed by atoms with Crippen molar-refractivity contribution in [2.45, 2.75) is 9.79 Å². The third kappa shape index (κ3) is 2.35. The molecule has 0 bridgehead atoms. The number of rotatable bonds is 3. The second-order valence-corrected chi connectivity index (χ2v) is 6.73. The fraction of sp³-hybridized carbons (Fsp3) is 0. The van der Waals surface area contributed by atoms with Crippen molar-refractivity contribution < 1.29 is 18.3 Å². The van der Waals surface area contributed by atoms with Crippen LogP contribution >= 0.6 is 0 Å². The van der Waals surface area contributed by atoms with Crippen LogP contribution in [0.15, 0.2) is 76.5 Å². The normalized spacial score (nSPS) is 11.5. The van der Waals surface area contributed by atoms with Crippen molar-refractivity contribution >= 4 is 26.6 Å². The standard InChI is InChI=1S/C17H12O4S/c18-17(19)13-8-10-14(11-9-13)22(20,21)16-7-3-5-12-4-1-2-6-15(12)16/h1-11H,(H,18,19). The molecule has 22 heavy (non-hydrogen) atoms. The number of hydrogen-bond donors (Lipinski definition) is 1. The SMILES string of the molecule is O=C(O)c1ccc(S(=O)(=O)c2cccc3ccccc23)cc1. The molecule has 110 valence electrons. The zero-order chi connectivity index (χ0) is 15.7. The highest BCUT2D eigenvalue weighted by molar-refractivity contribution is 7.91. The van der Waals surface area contributed by atoms with Crippen LogP contribution in [-0.2, 0) is 9.84 Å². The molecule has 1 N–H and O–H groups in total. The number of carbonyl (C=O) groups is 1. The Balaban J connectivity index is 2.18. The lowest BCUT2D eigenvalue weighted by Gasteiger charge is -2.08. The summed E-state index contributed by atoms with van der Waals surface area (Å²) in [6, 6.07) is 17.6. The van der Waals surface area contributed by atoms with Gasteiger partial charge in [0.25, 0.3) is 0 Å². The molecule has 3 rings (SSSR count). The smallest absolute Gasteiger partial charge is 0.335 e. The van der Waals surface area contributed by atoms with E-state index in [1.807, 2.05) is 18.2 Å². The molecular formula is C17H12O4S. The van der Waals surface area contributed by atoms with Crippen molar-refractivity contribution in [3.8, 4) is 0 Å². The van der Waals surface area contributed by atoms with Crippen molar-refractivity contribution in [3.05, 3.63) is 72.3 Å². The van der Waals surface area contributed by atoms with Gasteiger partial charge in [-0.2, -0.15) is 0 Å². The van der Waals surface area contributed by atoms with Gasteiger partial charge in [-0.1, -0.05) is 36.4 Å². The van der Waals surface area contributed by atoms with Gasteiger partial charge in [0.2, 0.25) is 9.84 Å². The van der Waals surface area contributed by atoms with Crippen molar-refractivity contribution in [2.24, 2.45) is 0 Å². The maximum absolute atomic E-state index is 12.8. The fourth-order valence-corrected chi connectivity index (χ4v) is 3.82. The quantitative estimate of drug-likeness (QED) is 0.805. The first-order valence-electron chi connectivity index (χ1n) is 6.56. The minimum absolute atomic E-state index is 0.0527. The zero-order valence-corrected chi connectivity index (χ0v) is 12.2. The van der Waals surface area contributed by atoms with Gasteiger partial charge < -0.3 is 5.11 Å². The van der Waals surface area contributed by atoms with Gasteiger partial charge >= 0.3 is 5.97 Å². The van der Waals surface area contributed by atoms with E-state index in [0.29, 0.717) is 5.39 Å². The molecule has 0 saturated carbocycles. The molecule has 0 unspecified atom stereocenters. The maximum Gasteiger partial charge on any atom is 0.335 e. The lowest BCUT2D eigenvalue weighted by atomic mass is 10.1. The van der Waals surface area contributed by atoms with Crippen molar-refractivity contribution in [1.82, 2.24) is 0 Å². The fourth-order valence-electron chi connectivity index (χ4n) is 2.33. The Labute approximate surface area is 127 Å². The largest absolute Gasteiger partial charge is 0.478 e. The number of carboxylic acids is 1. The van der Waals surface area contributed by atoms with Crippen LogP contribution in [0.25, 0.3) is 10.8 Å². The van der Waals surface area contributed by atoms with Crippen molar-refractivity contribution in [1.29, 1.82) is 0 Å². The predicted octanol–water partition coefficient (Wildman–Crippen LogP) is 3.37. The lowest BCUT2D eigenvalue weighted by molar-refractivity contribution is 0.0696. The van der Waals surface area contributed by atoms with Gasteiger partial charge in [-0.15, -0.1) is 0 Å². The average Bonchev–Trinajstić information content (AvgIpc) is 2.54. The summed E-state index contributed by atoms with van der Waals surface area (Å²) in [5.74, 6) is -1.09. The van der Waals surface area contributed by atoms with E-state index in [4.69, 9.17) is 5.11 Å². The van der Waals surface area contributed by atoms with Crippen LogP contribution in [0.5, 0.6) is 0 Å². The molecule has 0 atom stereocenters. The Morgan fingerprint density at radius 1 is 0.818 bits per heavy atom. The maximum atomic E-state index is 12.8. The van der Waals surface area contributed by atoms with Crippen molar-refractivity contribution in [2.75, 3.05) is 0 Å². The molecule has 0 saturated heterocycles. The summed E-state index contributed by atoms with van der Waals surface area (Å²) in [7, 11) is -3.70. The number of fused-ring (bicyclic) bond motifs is 1. The van der Waals surface area contributed by atoms with E-state index in [1.165, 1.54) is 24.3 Å². The molecule has 0 aliphatic heterocycles. The zero-order valence-electron chi connectivity index (χ0n) is 11.4. The van der Waals surface area contributed by atoms with E-state index in [1.54, 1.807) is 24.3 Å². The van der Waals surface area contributed by atoms with Gasteiger partial charge in [0.15, 0.2) is 0 Å². The third-order valence-corrected chi connectivity index (χ3v) is 5.28. The number of benzene rings is 3. The highest BCUT2D eigenvalue weighted by Gasteiger charge is 2.20.